The second-order valence-corrected chi connectivity index (χ2v) is 3.89. The Balaban J connectivity index is 1.97. The predicted octanol–water partition coefficient (Wildman–Crippen LogP) is 2.03. The number of phenolic OH excluding ortho intramolecular Hbond substituents is 1. The normalized spacial score (nSPS) is 10.8. The van der Waals surface area contributed by atoms with E-state index in [1.807, 2.05) is 40.9 Å². The largest absolute Gasteiger partial charge is 0.508 e. The molecule has 0 amide bonds. The Kier molecular flexibility index (Phi) is 2.26. The molecule has 1 N–H and O–H groups in total. The van der Waals surface area contributed by atoms with Crippen molar-refractivity contribution in [3.8, 4) is 5.75 Å². The van der Waals surface area contributed by atoms with E-state index >= 15 is 0 Å². The van der Waals surface area contributed by atoms with Gasteiger partial charge in [0, 0.05) is 12.6 Å². The average molecular weight is 225 g/mol. The van der Waals surface area contributed by atoms with Gasteiger partial charge in [0.05, 0.1) is 0 Å². The average Bonchev–Trinajstić information content (AvgIpc) is 2.76. The number of hydrogen-bond donors (Lipinski definition) is 1. The summed E-state index contributed by atoms with van der Waals surface area (Å²) >= 11 is 0. The molecule has 17 heavy (non-hydrogen) atoms. The van der Waals surface area contributed by atoms with Gasteiger partial charge in [0.1, 0.15) is 11.6 Å². The lowest BCUT2D eigenvalue weighted by atomic mass is 10.1. The Labute approximate surface area is 98.2 Å². The van der Waals surface area contributed by atoms with Crippen LogP contribution in [0.5, 0.6) is 5.75 Å². The van der Waals surface area contributed by atoms with Gasteiger partial charge in [-0.25, -0.2) is 0 Å². The zero-order valence-electron chi connectivity index (χ0n) is 9.11. The van der Waals surface area contributed by atoms with Crippen LogP contribution in [0.1, 0.15) is 11.4 Å². The van der Waals surface area contributed by atoms with Crippen LogP contribution in [0.25, 0.3) is 5.65 Å². The minimum absolute atomic E-state index is 0.278. The number of phenols is 1. The van der Waals surface area contributed by atoms with Crippen LogP contribution in [0.4, 0.5) is 0 Å². The molecule has 1 aromatic carbocycles. The summed E-state index contributed by atoms with van der Waals surface area (Å²) < 4.78 is 1.97. The summed E-state index contributed by atoms with van der Waals surface area (Å²) in [4.78, 5) is 0. The highest BCUT2D eigenvalue weighted by Crippen LogP contribution is 2.13. The summed E-state index contributed by atoms with van der Waals surface area (Å²) in [6.45, 7) is 0. The fraction of sp³-hybridized carbons (Fsp3) is 0.0769. The number of aromatic nitrogens is 3. The van der Waals surface area contributed by atoms with E-state index in [0.29, 0.717) is 6.42 Å². The molecule has 0 aliphatic rings. The third kappa shape index (κ3) is 1.85. The first-order valence-corrected chi connectivity index (χ1v) is 5.39. The molecule has 0 saturated carbocycles. The summed E-state index contributed by atoms with van der Waals surface area (Å²) in [5, 5.41) is 17.5. The van der Waals surface area contributed by atoms with Crippen molar-refractivity contribution in [1.29, 1.82) is 0 Å². The quantitative estimate of drug-likeness (QED) is 0.726. The Hall–Kier alpha value is -2.36. The maximum atomic E-state index is 9.22. The topological polar surface area (TPSA) is 50.4 Å². The molecule has 4 nitrogen and oxygen atoms in total. The number of fused-ring (bicyclic) bond motifs is 1. The van der Waals surface area contributed by atoms with Crippen molar-refractivity contribution in [1.82, 2.24) is 14.6 Å². The van der Waals surface area contributed by atoms with E-state index in [2.05, 4.69) is 10.2 Å². The van der Waals surface area contributed by atoms with Crippen LogP contribution < -0.4 is 0 Å². The van der Waals surface area contributed by atoms with Crippen molar-refractivity contribution in [3.05, 3.63) is 60.0 Å². The van der Waals surface area contributed by atoms with E-state index in [9.17, 15) is 5.11 Å². The lowest BCUT2D eigenvalue weighted by Crippen LogP contribution is -1.95. The molecular formula is C13H11N3O. The summed E-state index contributed by atoms with van der Waals surface area (Å²) in [5.41, 5.74) is 1.95. The number of pyridine rings is 1. The van der Waals surface area contributed by atoms with Crippen LogP contribution in [0.2, 0.25) is 0 Å². The van der Waals surface area contributed by atoms with E-state index in [-0.39, 0.29) is 5.75 Å². The molecule has 84 valence electrons. The maximum Gasteiger partial charge on any atom is 0.160 e. The molecule has 3 aromatic rings. The van der Waals surface area contributed by atoms with Crippen LogP contribution in [0.15, 0.2) is 48.7 Å². The van der Waals surface area contributed by atoms with E-state index in [1.54, 1.807) is 12.1 Å². The van der Waals surface area contributed by atoms with Gasteiger partial charge < -0.3 is 5.11 Å². The van der Waals surface area contributed by atoms with Gasteiger partial charge >= 0.3 is 0 Å². The molecule has 2 aromatic heterocycles. The van der Waals surface area contributed by atoms with Crippen LogP contribution in [-0.2, 0) is 6.42 Å². The fourth-order valence-electron chi connectivity index (χ4n) is 1.81. The van der Waals surface area contributed by atoms with Crippen molar-refractivity contribution in [2.75, 3.05) is 0 Å². The summed E-state index contributed by atoms with van der Waals surface area (Å²) in [6, 6.07) is 13.0. The minimum Gasteiger partial charge on any atom is -0.508 e. The van der Waals surface area contributed by atoms with Gasteiger partial charge in [-0.3, -0.25) is 4.40 Å². The predicted molar refractivity (Wildman–Crippen MR) is 63.9 cm³/mol. The summed E-state index contributed by atoms with van der Waals surface area (Å²) in [5.74, 6) is 1.17. The summed E-state index contributed by atoms with van der Waals surface area (Å²) in [6.07, 6.45) is 2.65. The lowest BCUT2D eigenvalue weighted by molar-refractivity contribution is 0.475. The highest BCUT2D eigenvalue weighted by atomic mass is 16.3. The molecule has 4 heteroatoms. The van der Waals surface area contributed by atoms with Crippen molar-refractivity contribution in [3.63, 3.8) is 0 Å². The van der Waals surface area contributed by atoms with Gasteiger partial charge in [0.15, 0.2) is 5.65 Å². The van der Waals surface area contributed by atoms with Crippen molar-refractivity contribution in [2.24, 2.45) is 0 Å². The van der Waals surface area contributed by atoms with E-state index < -0.39 is 0 Å². The first-order chi connectivity index (χ1) is 8.33. The molecule has 0 bridgehead atoms. The lowest BCUT2D eigenvalue weighted by Gasteiger charge is -2.00. The van der Waals surface area contributed by atoms with Crippen molar-refractivity contribution in [2.45, 2.75) is 6.42 Å². The van der Waals surface area contributed by atoms with Gasteiger partial charge in [0.25, 0.3) is 0 Å². The molecule has 0 saturated heterocycles. The minimum atomic E-state index is 0.278. The zero-order valence-corrected chi connectivity index (χ0v) is 9.11. The van der Waals surface area contributed by atoms with Crippen LogP contribution in [0, 0.1) is 0 Å². The standard InChI is InChI=1S/C13H11N3O/c17-11-6-4-10(5-7-11)9-13-15-14-12-3-1-2-8-16(12)13/h1-8,17H,9H2. The molecule has 0 radical (unpaired) electrons. The first-order valence-electron chi connectivity index (χ1n) is 5.39. The van der Waals surface area contributed by atoms with Gasteiger partial charge in [-0.05, 0) is 29.8 Å². The first kappa shape index (κ1) is 9.84. The Morgan fingerprint density at radius 3 is 2.65 bits per heavy atom. The van der Waals surface area contributed by atoms with Crippen molar-refractivity contribution < 1.29 is 5.11 Å². The second kappa shape index (κ2) is 3.90. The van der Waals surface area contributed by atoms with Crippen LogP contribution in [-0.4, -0.2) is 19.7 Å². The Bertz CT molecular complexity index is 643. The van der Waals surface area contributed by atoms with E-state index in [1.165, 1.54) is 0 Å². The number of aromatic hydroxyl groups is 1. The summed E-state index contributed by atoms with van der Waals surface area (Å²) in [7, 11) is 0. The van der Waals surface area contributed by atoms with Gasteiger partial charge in [0.2, 0.25) is 0 Å². The maximum absolute atomic E-state index is 9.22. The molecule has 0 unspecified atom stereocenters. The zero-order chi connectivity index (χ0) is 11.7. The highest BCUT2D eigenvalue weighted by Gasteiger charge is 2.05. The Morgan fingerprint density at radius 2 is 1.82 bits per heavy atom. The van der Waals surface area contributed by atoms with E-state index in [4.69, 9.17) is 0 Å². The molecule has 2 heterocycles. The third-order valence-electron chi connectivity index (χ3n) is 2.68. The molecule has 3 rings (SSSR count). The molecular weight excluding hydrogens is 214 g/mol. The smallest absolute Gasteiger partial charge is 0.160 e. The van der Waals surface area contributed by atoms with Gasteiger partial charge in [-0.2, -0.15) is 0 Å². The number of nitrogens with zero attached hydrogens (tertiary/aromatic N) is 3. The number of benzene rings is 1. The highest BCUT2D eigenvalue weighted by molar-refractivity contribution is 5.38. The molecule has 0 spiro atoms. The van der Waals surface area contributed by atoms with Gasteiger partial charge in [-0.1, -0.05) is 18.2 Å². The number of rotatable bonds is 2. The molecule has 0 fully saturated rings. The monoisotopic (exact) mass is 225 g/mol. The fourth-order valence-corrected chi connectivity index (χ4v) is 1.81. The Morgan fingerprint density at radius 1 is 1.00 bits per heavy atom. The SMILES string of the molecule is Oc1ccc(Cc2nnc3ccccn23)cc1. The molecule has 0 aliphatic carbocycles. The third-order valence-corrected chi connectivity index (χ3v) is 2.68. The van der Waals surface area contributed by atoms with Gasteiger partial charge in [-0.15, -0.1) is 10.2 Å². The van der Waals surface area contributed by atoms with E-state index in [0.717, 1.165) is 17.0 Å². The number of hydrogen-bond acceptors (Lipinski definition) is 3. The van der Waals surface area contributed by atoms with Crippen molar-refractivity contribution >= 4 is 5.65 Å². The van der Waals surface area contributed by atoms with Crippen LogP contribution in [0.3, 0.4) is 0 Å². The van der Waals surface area contributed by atoms with Crippen LogP contribution >= 0.6 is 0 Å². The molecule has 0 aliphatic heterocycles. The second-order valence-electron chi connectivity index (χ2n) is 3.89. The molecule has 0 atom stereocenters.